The van der Waals surface area contributed by atoms with Gasteiger partial charge < -0.3 is 5.32 Å². The molecule has 2 heterocycles. The van der Waals surface area contributed by atoms with E-state index in [9.17, 15) is 14.4 Å². The summed E-state index contributed by atoms with van der Waals surface area (Å²) in [4.78, 5) is 42.0. The van der Waals surface area contributed by atoms with Gasteiger partial charge in [0.25, 0.3) is 5.56 Å². The Bertz CT molecular complexity index is 928. The number of fused-ring (bicyclic) bond motifs is 1. The van der Waals surface area contributed by atoms with Crippen molar-refractivity contribution in [2.75, 3.05) is 18.8 Å². The smallest absolute Gasteiger partial charge is 0.324 e. The zero-order chi connectivity index (χ0) is 19.6. The molecule has 1 aromatic heterocycles. The van der Waals surface area contributed by atoms with Gasteiger partial charge in [0, 0.05) is 23.3 Å². The summed E-state index contributed by atoms with van der Waals surface area (Å²) in [6.45, 7) is 5.14. The molecule has 9 heteroatoms. The number of hydrogen-bond acceptors (Lipinski definition) is 5. The van der Waals surface area contributed by atoms with Crippen LogP contribution in [-0.2, 0) is 11.3 Å². The minimum Gasteiger partial charge on any atom is -0.329 e. The largest absolute Gasteiger partial charge is 0.329 e. The Kier molecular flexibility index (Phi) is 6.21. The molecule has 3 amide bonds. The Morgan fingerprint density at radius 1 is 1.30 bits per heavy atom. The van der Waals surface area contributed by atoms with Crippen LogP contribution in [0.25, 0.3) is 10.9 Å². The number of thioether (sulfide) groups is 1. The Morgan fingerprint density at radius 3 is 2.74 bits per heavy atom. The molecular weight excluding hydrogens is 432 g/mol. The standard InChI is InChI=1S/C18H21BrN4O3S/c1-11(2)10-23-16(25)13-8-12(19)4-5-14(13)21-18(23)27-7-3-6-22-15(24)9-20-17(22)26/h4-5,8,11H,3,6-7,9-10H2,1-2H3,(H,20,26). The van der Waals surface area contributed by atoms with Crippen molar-refractivity contribution >= 4 is 50.5 Å². The fraction of sp³-hybridized carbons (Fsp3) is 0.444. The first-order valence-electron chi connectivity index (χ1n) is 8.78. The van der Waals surface area contributed by atoms with Crippen molar-refractivity contribution in [1.82, 2.24) is 19.8 Å². The molecule has 1 N–H and O–H groups in total. The van der Waals surface area contributed by atoms with E-state index in [4.69, 9.17) is 0 Å². The van der Waals surface area contributed by atoms with E-state index in [0.29, 0.717) is 47.2 Å². The van der Waals surface area contributed by atoms with E-state index in [1.165, 1.54) is 16.7 Å². The fourth-order valence-corrected chi connectivity index (χ4v) is 4.17. The number of benzene rings is 1. The number of halogens is 1. The molecule has 1 aliphatic rings. The molecule has 0 bridgehead atoms. The van der Waals surface area contributed by atoms with Crippen LogP contribution in [0, 0.1) is 5.92 Å². The van der Waals surface area contributed by atoms with Gasteiger partial charge in [-0.05, 0) is 30.5 Å². The van der Waals surface area contributed by atoms with Crippen molar-refractivity contribution in [3.05, 3.63) is 33.0 Å². The zero-order valence-corrected chi connectivity index (χ0v) is 17.6. The zero-order valence-electron chi connectivity index (χ0n) is 15.2. The van der Waals surface area contributed by atoms with Crippen molar-refractivity contribution in [3.8, 4) is 0 Å². The summed E-state index contributed by atoms with van der Waals surface area (Å²) in [5.41, 5.74) is 0.617. The van der Waals surface area contributed by atoms with Crippen molar-refractivity contribution in [1.29, 1.82) is 0 Å². The number of aromatic nitrogens is 2. The Labute approximate surface area is 169 Å². The van der Waals surface area contributed by atoms with Crippen LogP contribution < -0.4 is 10.9 Å². The predicted octanol–water partition coefficient (Wildman–Crippen LogP) is 2.85. The molecule has 1 aromatic carbocycles. The van der Waals surface area contributed by atoms with Crippen LogP contribution in [0.5, 0.6) is 0 Å². The monoisotopic (exact) mass is 452 g/mol. The molecule has 1 aliphatic heterocycles. The number of urea groups is 1. The molecule has 3 rings (SSSR count). The third-order valence-corrected chi connectivity index (χ3v) is 5.68. The molecule has 0 aliphatic carbocycles. The highest BCUT2D eigenvalue weighted by molar-refractivity contribution is 9.10. The molecule has 0 atom stereocenters. The van der Waals surface area contributed by atoms with Crippen LogP contribution in [0.15, 0.2) is 32.6 Å². The third-order valence-electron chi connectivity index (χ3n) is 4.12. The summed E-state index contributed by atoms with van der Waals surface area (Å²) in [5, 5.41) is 3.77. The van der Waals surface area contributed by atoms with Crippen LogP contribution >= 0.6 is 27.7 Å². The average molecular weight is 453 g/mol. The highest BCUT2D eigenvalue weighted by atomic mass is 79.9. The number of imide groups is 1. The lowest BCUT2D eigenvalue weighted by molar-refractivity contribution is -0.124. The van der Waals surface area contributed by atoms with Gasteiger partial charge in [-0.3, -0.25) is 19.1 Å². The van der Waals surface area contributed by atoms with E-state index in [2.05, 4.69) is 40.1 Å². The SMILES string of the molecule is CC(C)Cn1c(SCCCN2C(=O)CNC2=O)nc2ccc(Br)cc2c1=O. The number of nitrogens with zero attached hydrogens (tertiary/aromatic N) is 3. The molecule has 7 nitrogen and oxygen atoms in total. The average Bonchev–Trinajstić information content (AvgIpc) is 2.93. The summed E-state index contributed by atoms with van der Waals surface area (Å²) in [5.74, 6) is 0.763. The normalized spacial score (nSPS) is 14.4. The number of amides is 3. The second-order valence-corrected chi connectivity index (χ2v) is 8.75. The third kappa shape index (κ3) is 4.52. The van der Waals surface area contributed by atoms with Gasteiger partial charge in [-0.2, -0.15) is 0 Å². The van der Waals surface area contributed by atoms with Gasteiger partial charge in [0.15, 0.2) is 5.16 Å². The van der Waals surface area contributed by atoms with Crippen LogP contribution in [0.2, 0.25) is 0 Å². The molecule has 1 fully saturated rings. The topological polar surface area (TPSA) is 84.3 Å². The maximum atomic E-state index is 12.9. The first-order valence-corrected chi connectivity index (χ1v) is 10.6. The molecule has 27 heavy (non-hydrogen) atoms. The Morgan fingerprint density at radius 2 is 2.07 bits per heavy atom. The quantitative estimate of drug-likeness (QED) is 0.302. The molecule has 0 unspecified atom stereocenters. The van der Waals surface area contributed by atoms with Gasteiger partial charge in [-0.15, -0.1) is 0 Å². The molecule has 0 saturated carbocycles. The van der Waals surface area contributed by atoms with Gasteiger partial charge in [-0.1, -0.05) is 41.5 Å². The summed E-state index contributed by atoms with van der Waals surface area (Å²) >= 11 is 4.89. The molecule has 144 valence electrons. The van der Waals surface area contributed by atoms with Crippen molar-refractivity contribution in [2.45, 2.75) is 32.0 Å². The molecule has 0 radical (unpaired) electrons. The lowest BCUT2D eigenvalue weighted by atomic mass is 10.2. The fourth-order valence-electron chi connectivity index (χ4n) is 2.88. The number of nitrogens with one attached hydrogen (secondary N) is 1. The van der Waals surface area contributed by atoms with Gasteiger partial charge in [0.1, 0.15) is 0 Å². The first kappa shape index (κ1) is 19.9. The summed E-state index contributed by atoms with van der Waals surface area (Å²) in [6, 6.07) is 5.16. The maximum absolute atomic E-state index is 12.9. The van der Waals surface area contributed by atoms with E-state index < -0.39 is 0 Å². The van der Waals surface area contributed by atoms with Crippen molar-refractivity contribution < 1.29 is 9.59 Å². The number of carbonyl (C=O) groups is 2. The van der Waals surface area contributed by atoms with E-state index in [1.54, 1.807) is 10.6 Å². The molecule has 2 aromatic rings. The summed E-state index contributed by atoms with van der Waals surface area (Å²) in [7, 11) is 0. The second-order valence-electron chi connectivity index (χ2n) is 6.77. The van der Waals surface area contributed by atoms with E-state index >= 15 is 0 Å². The van der Waals surface area contributed by atoms with Crippen LogP contribution in [0.4, 0.5) is 4.79 Å². The minimum atomic E-state index is -0.337. The van der Waals surface area contributed by atoms with Crippen LogP contribution in [0.1, 0.15) is 20.3 Å². The highest BCUT2D eigenvalue weighted by Gasteiger charge is 2.27. The highest BCUT2D eigenvalue weighted by Crippen LogP contribution is 2.22. The van der Waals surface area contributed by atoms with Crippen molar-refractivity contribution in [2.24, 2.45) is 5.92 Å². The van der Waals surface area contributed by atoms with Crippen molar-refractivity contribution in [3.63, 3.8) is 0 Å². The Balaban J connectivity index is 1.78. The molecule has 0 spiro atoms. The van der Waals surface area contributed by atoms with Crippen LogP contribution in [-0.4, -0.2) is 45.2 Å². The Hall–Kier alpha value is -1.87. The lowest BCUT2D eigenvalue weighted by Gasteiger charge is -2.16. The van der Waals surface area contributed by atoms with E-state index in [-0.39, 0.29) is 24.0 Å². The van der Waals surface area contributed by atoms with E-state index in [1.807, 2.05) is 12.1 Å². The molecule has 1 saturated heterocycles. The second kappa shape index (κ2) is 8.43. The van der Waals surface area contributed by atoms with Gasteiger partial charge in [0.05, 0.1) is 17.4 Å². The van der Waals surface area contributed by atoms with Gasteiger partial charge in [0.2, 0.25) is 5.91 Å². The summed E-state index contributed by atoms with van der Waals surface area (Å²) < 4.78 is 2.57. The number of hydrogen-bond donors (Lipinski definition) is 1. The van der Waals surface area contributed by atoms with Crippen LogP contribution in [0.3, 0.4) is 0 Å². The molecular formula is C18H21BrN4O3S. The first-order chi connectivity index (χ1) is 12.9. The minimum absolute atomic E-state index is 0.0494. The maximum Gasteiger partial charge on any atom is 0.324 e. The predicted molar refractivity (Wildman–Crippen MR) is 109 cm³/mol. The van der Waals surface area contributed by atoms with Gasteiger partial charge in [-0.25, -0.2) is 9.78 Å². The summed E-state index contributed by atoms with van der Waals surface area (Å²) in [6.07, 6.45) is 0.639. The van der Waals surface area contributed by atoms with E-state index in [0.717, 1.165) is 4.47 Å². The number of carbonyl (C=O) groups excluding carboxylic acids is 2. The lowest BCUT2D eigenvalue weighted by Crippen LogP contribution is -2.32. The van der Waals surface area contributed by atoms with Gasteiger partial charge >= 0.3 is 6.03 Å². The number of rotatable bonds is 7.